The van der Waals surface area contributed by atoms with Crippen molar-refractivity contribution in [2.75, 3.05) is 26.1 Å². The van der Waals surface area contributed by atoms with E-state index in [2.05, 4.69) is 22.5 Å². The number of anilines is 1. The molecule has 2 aromatic carbocycles. The summed E-state index contributed by atoms with van der Waals surface area (Å²) >= 11 is 6.55. The summed E-state index contributed by atoms with van der Waals surface area (Å²) in [6.07, 6.45) is 0.794. The summed E-state index contributed by atoms with van der Waals surface area (Å²) in [6, 6.07) is 8.25. The molecule has 1 fully saturated rings. The molecule has 0 bridgehead atoms. The Balaban J connectivity index is 1.99. The van der Waals surface area contributed by atoms with Crippen molar-refractivity contribution in [3.63, 3.8) is 0 Å². The minimum atomic E-state index is -0.965. The third kappa shape index (κ3) is 5.26. The van der Waals surface area contributed by atoms with E-state index in [1.165, 1.54) is 20.3 Å². The molecule has 2 aromatic rings. The quantitative estimate of drug-likeness (QED) is 0.484. The van der Waals surface area contributed by atoms with Gasteiger partial charge in [0, 0.05) is 16.8 Å². The Morgan fingerprint density at radius 1 is 1.18 bits per heavy atom. The van der Waals surface area contributed by atoms with E-state index in [9.17, 15) is 14.4 Å². The minimum absolute atomic E-state index is 0.170. The lowest BCUT2D eigenvalue weighted by molar-refractivity contribution is -0.119. The number of urea groups is 1. The Morgan fingerprint density at radius 2 is 1.91 bits per heavy atom. The number of amides is 3. The van der Waals surface area contributed by atoms with Crippen molar-refractivity contribution >= 4 is 35.2 Å². The minimum Gasteiger partial charge on any atom is -0.493 e. The summed E-state index contributed by atoms with van der Waals surface area (Å²) in [6.45, 7) is 6.31. The maximum Gasteiger partial charge on any atom is 0.339 e. The van der Waals surface area contributed by atoms with Gasteiger partial charge in [0.25, 0.3) is 0 Å². The van der Waals surface area contributed by atoms with Gasteiger partial charge in [-0.15, -0.1) is 0 Å². The van der Waals surface area contributed by atoms with Crippen molar-refractivity contribution in [1.82, 2.24) is 10.6 Å². The zero-order chi connectivity index (χ0) is 24.8. The first-order chi connectivity index (χ1) is 16.3. The number of nitrogens with one attached hydrogen (secondary N) is 3. The van der Waals surface area contributed by atoms with Crippen molar-refractivity contribution < 1.29 is 28.6 Å². The van der Waals surface area contributed by atoms with Gasteiger partial charge in [-0.1, -0.05) is 37.2 Å². The Morgan fingerprint density at radius 3 is 2.59 bits per heavy atom. The zero-order valence-electron chi connectivity index (χ0n) is 19.1. The maximum atomic E-state index is 13.4. The maximum absolute atomic E-state index is 13.4. The molecule has 1 heterocycles. The standard InChI is InChI=1S/C24H26ClN3O6/c1-5-10-34-19-12-16(25)15(11-18(19)32-3)21-20(13(2)26-24(31)28-21)22(29)27-17-9-7-6-8-14(17)23(30)33-4/h6-9,11-12,20-21H,2,5,10H2,1,3-4H3,(H,27,29)(H2,26,28,31)/t20-,21+/m0/s1. The fraction of sp³-hybridized carbons (Fsp3) is 0.292. The van der Waals surface area contributed by atoms with Crippen LogP contribution in [0.5, 0.6) is 11.5 Å². The first-order valence-corrected chi connectivity index (χ1v) is 10.9. The molecular formula is C24H26ClN3O6. The second-order valence-corrected chi connectivity index (χ2v) is 7.89. The predicted octanol–water partition coefficient (Wildman–Crippen LogP) is 4.05. The molecule has 3 rings (SSSR count). The Hall–Kier alpha value is -3.72. The summed E-state index contributed by atoms with van der Waals surface area (Å²) in [5.41, 5.74) is 1.06. The molecule has 0 spiro atoms. The molecule has 180 valence electrons. The van der Waals surface area contributed by atoms with Crippen molar-refractivity contribution in [3.8, 4) is 11.5 Å². The summed E-state index contributed by atoms with van der Waals surface area (Å²) < 4.78 is 15.9. The first kappa shape index (κ1) is 24.9. The van der Waals surface area contributed by atoms with E-state index < -0.39 is 29.9 Å². The number of carbonyl (C=O) groups excluding carboxylic acids is 3. The van der Waals surface area contributed by atoms with E-state index in [0.717, 1.165) is 6.42 Å². The van der Waals surface area contributed by atoms with E-state index in [4.69, 9.17) is 25.8 Å². The molecule has 0 radical (unpaired) electrons. The van der Waals surface area contributed by atoms with Gasteiger partial charge in [-0.2, -0.15) is 0 Å². The first-order valence-electron chi connectivity index (χ1n) is 10.5. The SMILES string of the molecule is C=C1NC(=O)N[C@H](c2cc(OC)c(OCCC)cc2Cl)[C@H]1C(=O)Nc1ccccc1C(=O)OC. The third-order valence-corrected chi connectivity index (χ3v) is 5.55. The van der Waals surface area contributed by atoms with Crippen LogP contribution in [0.4, 0.5) is 10.5 Å². The summed E-state index contributed by atoms with van der Waals surface area (Å²) in [7, 11) is 2.74. The van der Waals surface area contributed by atoms with Gasteiger partial charge in [-0.05, 0) is 30.2 Å². The van der Waals surface area contributed by atoms with E-state index in [1.54, 1.807) is 30.3 Å². The van der Waals surface area contributed by atoms with Crippen LogP contribution < -0.4 is 25.4 Å². The molecule has 2 atom stereocenters. The van der Waals surface area contributed by atoms with E-state index in [1.807, 2.05) is 6.92 Å². The van der Waals surface area contributed by atoms with Crippen LogP contribution in [0.3, 0.4) is 0 Å². The van der Waals surface area contributed by atoms with Gasteiger partial charge in [0.2, 0.25) is 5.91 Å². The Kier molecular flexibility index (Phi) is 8.01. The van der Waals surface area contributed by atoms with Crippen molar-refractivity contribution in [3.05, 3.63) is 64.8 Å². The number of methoxy groups -OCH3 is 2. The van der Waals surface area contributed by atoms with Crippen LogP contribution >= 0.6 is 11.6 Å². The fourth-order valence-electron chi connectivity index (χ4n) is 3.62. The Labute approximate surface area is 202 Å². The number of benzene rings is 2. The molecule has 1 saturated heterocycles. The van der Waals surface area contributed by atoms with Gasteiger partial charge in [-0.25, -0.2) is 9.59 Å². The lowest BCUT2D eigenvalue weighted by Crippen LogP contribution is -2.52. The van der Waals surface area contributed by atoms with Crippen molar-refractivity contribution in [2.45, 2.75) is 19.4 Å². The highest BCUT2D eigenvalue weighted by Gasteiger charge is 2.39. The molecule has 3 N–H and O–H groups in total. The van der Waals surface area contributed by atoms with Crippen LogP contribution in [0.25, 0.3) is 0 Å². The largest absolute Gasteiger partial charge is 0.493 e. The highest BCUT2D eigenvalue weighted by molar-refractivity contribution is 6.31. The zero-order valence-corrected chi connectivity index (χ0v) is 19.8. The number of ether oxygens (including phenoxy) is 3. The average molecular weight is 488 g/mol. The van der Waals surface area contributed by atoms with Crippen LogP contribution in [0.15, 0.2) is 48.7 Å². The summed E-state index contributed by atoms with van der Waals surface area (Å²) in [5.74, 6) is -1.23. The van der Waals surface area contributed by atoms with Crippen LogP contribution in [0.1, 0.15) is 35.3 Å². The molecule has 9 nitrogen and oxygen atoms in total. The Bertz CT molecular complexity index is 1120. The second kappa shape index (κ2) is 10.9. The average Bonchev–Trinajstić information content (AvgIpc) is 2.82. The highest BCUT2D eigenvalue weighted by Crippen LogP contribution is 2.40. The molecule has 0 unspecified atom stereocenters. The number of rotatable bonds is 8. The van der Waals surface area contributed by atoms with Crippen molar-refractivity contribution in [1.29, 1.82) is 0 Å². The molecule has 0 saturated carbocycles. The lowest BCUT2D eigenvalue weighted by Gasteiger charge is -2.34. The third-order valence-electron chi connectivity index (χ3n) is 5.22. The fourth-order valence-corrected chi connectivity index (χ4v) is 3.89. The number of hydrogen-bond acceptors (Lipinski definition) is 6. The molecule has 1 aliphatic rings. The second-order valence-electron chi connectivity index (χ2n) is 7.48. The number of esters is 1. The van der Waals surface area contributed by atoms with Crippen LogP contribution in [-0.2, 0) is 9.53 Å². The van der Waals surface area contributed by atoms with Gasteiger partial charge in [0.1, 0.15) is 5.92 Å². The predicted molar refractivity (Wildman–Crippen MR) is 127 cm³/mol. The molecular weight excluding hydrogens is 462 g/mol. The van der Waals surface area contributed by atoms with E-state index in [0.29, 0.717) is 23.7 Å². The van der Waals surface area contributed by atoms with Gasteiger partial charge in [-0.3, -0.25) is 4.79 Å². The number of hydrogen-bond donors (Lipinski definition) is 3. The molecule has 10 heteroatoms. The molecule has 34 heavy (non-hydrogen) atoms. The van der Waals surface area contributed by atoms with Gasteiger partial charge in [0.05, 0.1) is 38.1 Å². The summed E-state index contributed by atoms with van der Waals surface area (Å²) in [5, 5.41) is 8.29. The van der Waals surface area contributed by atoms with Gasteiger partial charge >= 0.3 is 12.0 Å². The van der Waals surface area contributed by atoms with Crippen molar-refractivity contribution in [2.24, 2.45) is 5.92 Å². The summed E-state index contributed by atoms with van der Waals surface area (Å²) in [4.78, 5) is 37.8. The van der Waals surface area contributed by atoms with E-state index in [-0.39, 0.29) is 22.0 Å². The molecule has 0 aromatic heterocycles. The van der Waals surface area contributed by atoms with E-state index >= 15 is 0 Å². The highest BCUT2D eigenvalue weighted by atomic mass is 35.5. The smallest absolute Gasteiger partial charge is 0.339 e. The monoisotopic (exact) mass is 487 g/mol. The molecule has 1 aliphatic heterocycles. The van der Waals surface area contributed by atoms with Crippen LogP contribution in [0.2, 0.25) is 5.02 Å². The van der Waals surface area contributed by atoms with Crippen LogP contribution in [-0.4, -0.2) is 38.7 Å². The number of halogens is 1. The number of para-hydroxylation sites is 1. The van der Waals surface area contributed by atoms with Crippen LogP contribution in [0, 0.1) is 5.92 Å². The number of carbonyl (C=O) groups is 3. The normalized spacial score (nSPS) is 17.3. The lowest BCUT2D eigenvalue weighted by atomic mass is 9.87. The topological polar surface area (TPSA) is 115 Å². The van der Waals surface area contributed by atoms with Gasteiger partial charge in [0.15, 0.2) is 11.5 Å². The van der Waals surface area contributed by atoms with Gasteiger partial charge < -0.3 is 30.2 Å². The molecule has 3 amide bonds. The molecule has 0 aliphatic carbocycles.